The Hall–Kier alpha value is -13.1. The van der Waals surface area contributed by atoms with Crippen LogP contribution < -0.4 is 0 Å². The number of benzene rings is 18. The van der Waals surface area contributed by atoms with E-state index in [0.29, 0.717) is 11.8 Å². The summed E-state index contributed by atoms with van der Waals surface area (Å²) < 4.78 is 19.5. The molecule has 0 N–H and O–H groups in total. The third kappa shape index (κ3) is 13.4. The van der Waals surface area contributed by atoms with Gasteiger partial charge in [-0.05, 0) is 277 Å². The summed E-state index contributed by atoms with van der Waals surface area (Å²) in [5, 5.41) is 22.8. The van der Waals surface area contributed by atoms with Crippen molar-refractivity contribution in [2.45, 2.75) is 106 Å². The summed E-state index contributed by atoms with van der Waals surface area (Å²) in [5.74, 6) is 0.903. The fourth-order valence-corrected chi connectivity index (χ4v) is 17.9. The minimum Gasteiger partial charge on any atom is -0.455 e. The Kier molecular flexibility index (Phi) is 19.1. The second-order valence-corrected chi connectivity index (χ2v) is 32.0. The summed E-state index contributed by atoms with van der Waals surface area (Å²) in [4.78, 5) is 0. The highest BCUT2D eigenvalue weighted by Crippen LogP contribution is 2.46. The summed E-state index contributed by atoms with van der Waals surface area (Å²) in [7, 11) is 0. The van der Waals surface area contributed by atoms with Gasteiger partial charge in [0.25, 0.3) is 0 Å². The van der Waals surface area contributed by atoms with Crippen LogP contribution in [0.25, 0.3) is 197 Å². The van der Waals surface area contributed by atoms with E-state index in [-0.39, 0.29) is 0 Å². The van der Waals surface area contributed by atoms with E-state index in [1.54, 1.807) is 0 Å². The molecule has 558 valence electrons. The predicted molar refractivity (Wildman–Crippen MR) is 494 cm³/mol. The molecule has 0 aliphatic rings. The monoisotopic (exact) mass is 1480 g/mol. The van der Waals surface area contributed by atoms with Gasteiger partial charge in [0.05, 0.1) is 0 Å². The second-order valence-electron chi connectivity index (χ2n) is 32.0. The van der Waals surface area contributed by atoms with Crippen molar-refractivity contribution < 1.29 is 13.3 Å². The maximum Gasteiger partial charge on any atom is 0.143 e. The van der Waals surface area contributed by atoms with Gasteiger partial charge in [0.15, 0.2) is 0 Å². The van der Waals surface area contributed by atoms with Gasteiger partial charge in [-0.15, -0.1) is 0 Å². The Balaban J connectivity index is 0.000000115. The first-order valence-electron chi connectivity index (χ1n) is 41.4. The number of furan rings is 3. The van der Waals surface area contributed by atoms with Crippen molar-refractivity contribution in [3.8, 4) is 66.8 Å². The zero-order valence-electron chi connectivity index (χ0n) is 66.8. The lowest BCUT2D eigenvalue weighted by Gasteiger charge is -2.13. The van der Waals surface area contributed by atoms with Crippen LogP contribution in [0.15, 0.2) is 341 Å². The lowest BCUT2D eigenvalue weighted by molar-refractivity contribution is 0.669. The molecular weight excluding hydrogens is 1390 g/mol. The van der Waals surface area contributed by atoms with Gasteiger partial charge >= 0.3 is 0 Å². The van der Waals surface area contributed by atoms with E-state index in [9.17, 15) is 0 Å². The largest absolute Gasteiger partial charge is 0.455 e. The summed E-state index contributed by atoms with van der Waals surface area (Å²) in [5.41, 5.74) is 28.5. The molecular formula is C112H92O3. The number of fused-ring (bicyclic) bond motifs is 18. The second kappa shape index (κ2) is 30.4. The van der Waals surface area contributed by atoms with Crippen molar-refractivity contribution in [1.29, 1.82) is 0 Å². The Morgan fingerprint density at radius 1 is 0.209 bits per heavy atom. The van der Waals surface area contributed by atoms with Gasteiger partial charge in [-0.3, -0.25) is 0 Å². The molecule has 115 heavy (non-hydrogen) atoms. The van der Waals surface area contributed by atoms with Crippen LogP contribution in [-0.2, 0) is 25.7 Å². The van der Waals surface area contributed by atoms with Crippen LogP contribution in [0.4, 0.5) is 0 Å². The fourth-order valence-electron chi connectivity index (χ4n) is 17.9. The third-order valence-electron chi connectivity index (χ3n) is 24.1. The van der Waals surface area contributed by atoms with Crippen LogP contribution in [0.1, 0.15) is 113 Å². The maximum absolute atomic E-state index is 6.53. The quantitative estimate of drug-likeness (QED) is 0.102. The van der Waals surface area contributed by atoms with Gasteiger partial charge in [-0.1, -0.05) is 305 Å². The van der Waals surface area contributed by atoms with Crippen LogP contribution in [-0.4, -0.2) is 0 Å². The smallest absolute Gasteiger partial charge is 0.143 e. The van der Waals surface area contributed by atoms with Crippen LogP contribution in [0.3, 0.4) is 0 Å². The molecule has 0 radical (unpaired) electrons. The molecule has 0 amide bonds. The molecule has 0 fully saturated rings. The first-order valence-corrected chi connectivity index (χ1v) is 41.4. The number of aryl methyl sites for hydroxylation is 4. The molecule has 18 aromatic carbocycles. The minimum atomic E-state index is 0.426. The lowest BCUT2D eigenvalue weighted by Crippen LogP contribution is -1.90. The standard InChI is InChI=1S/2C38H32O.C36H28O/c1-23(2)27-17-18-37-35(19-27)36-22-29(24(3)4)21-34(38(36)39-37)26-15-13-25(14-16-26)33-20-28-9-5-6-10-30(28)31-11-7-8-12-32(31)33;1-3-9-25-15-20-37-35(21-25)36-23-26(10-4-2)22-34(38(36)39-37)28-18-16-27(17-19-28)33-24-29-11-5-6-12-30(29)31-13-7-8-14-32(31)33;1-3-23-13-18-35-33(19-23)34-21-24(4-2)20-32(36(34)37-35)26-16-14-25(15-17-26)31-22-27-9-5-6-10-28(27)29-11-7-8-12-30(29)31/h5-24H,1-4H3;5-8,11-24H,3-4,9-10H2,1-2H3;5-22H,3-4H2,1-2H3. The van der Waals surface area contributed by atoms with Crippen molar-refractivity contribution in [2.75, 3.05) is 0 Å². The van der Waals surface area contributed by atoms with Crippen LogP contribution >= 0.6 is 0 Å². The van der Waals surface area contributed by atoms with E-state index in [0.717, 1.165) is 77.6 Å². The molecule has 0 unspecified atom stereocenters. The van der Waals surface area contributed by atoms with E-state index in [1.807, 2.05) is 0 Å². The Labute approximate surface area is 672 Å². The van der Waals surface area contributed by atoms with Crippen molar-refractivity contribution in [3.05, 3.63) is 361 Å². The predicted octanol–water partition coefficient (Wildman–Crippen LogP) is 33.0. The molecule has 21 aromatic rings. The number of hydrogen-bond donors (Lipinski definition) is 0. The molecule has 0 bridgehead atoms. The minimum absolute atomic E-state index is 0.426. The number of hydrogen-bond acceptors (Lipinski definition) is 3. The van der Waals surface area contributed by atoms with Crippen LogP contribution in [0, 0.1) is 0 Å². The van der Waals surface area contributed by atoms with Crippen molar-refractivity contribution in [2.24, 2.45) is 0 Å². The first kappa shape index (κ1) is 72.2. The average molecular weight is 1490 g/mol. The van der Waals surface area contributed by atoms with Gasteiger partial charge in [0.2, 0.25) is 0 Å². The van der Waals surface area contributed by atoms with E-state index in [1.165, 1.54) is 192 Å². The zero-order valence-corrected chi connectivity index (χ0v) is 66.8. The summed E-state index contributed by atoms with van der Waals surface area (Å²) in [6.45, 7) is 17.9. The summed E-state index contributed by atoms with van der Waals surface area (Å²) in [6.07, 6.45) is 6.43. The normalized spacial score (nSPS) is 11.8. The molecule has 21 rings (SSSR count). The molecule has 3 heteroatoms. The Bertz CT molecular complexity index is 7300. The van der Waals surface area contributed by atoms with Crippen molar-refractivity contribution in [1.82, 2.24) is 0 Å². The van der Waals surface area contributed by atoms with Gasteiger partial charge in [0, 0.05) is 49.0 Å². The molecule has 0 saturated carbocycles. The highest BCUT2D eigenvalue weighted by atomic mass is 16.3. The van der Waals surface area contributed by atoms with Crippen molar-refractivity contribution >= 4 is 130 Å². The van der Waals surface area contributed by atoms with Crippen molar-refractivity contribution in [3.63, 3.8) is 0 Å². The highest BCUT2D eigenvalue weighted by molar-refractivity contribution is 6.18. The summed E-state index contributed by atoms with van der Waals surface area (Å²) >= 11 is 0. The lowest BCUT2D eigenvalue weighted by atomic mass is 9.91. The van der Waals surface area contributed by atoms with Crippen LogP contribution in [0.2, 0.25) is 0 Å². The molecule has 0 atom stereocenters. The molecule has 0 spiro atoms. The molecule has 3 nitrogen and oxygen atoms in total. The van der Waals surface area contributed by atoms with Gasteiger partial charge in [-0.2, -0.15) is 0 Å². The van der Waals surface area contributed by atoms with E-state index in [2.05, 4.69) is 383 Å². The highest BCUT2D eigenvalue weighted by Gasteiger charge is 2.22. The Morgan fingerprint density at radius 2 is 0.504 bits per heavy atom. The number of rotatable bonds is 14. The van der Waals surface area contributed by atoms with E-state index in [4.69, 9.17) is 13.3 Å². The first-order chi connectivity index (χ1) is 56.4. The maximum atomic E-state index is 6.53. The molecule has 0 aliphatic heterocycles. The van der Waals surface area contributed by atoms with E-state index < -0.39 is 0 Å². The molecule has 0 aliphatic carbocycles. The SMILES string of the molecule is CC(C)c1ccc2oc3c(-c4ccc(-c5cc6ccccc6c6ccccc56)cc4)cc(C(C)C)cc3c2c1.CCCc1ccc2oc3c(-c4ccc(-c5cc6ccccc6c6ccccc56)cc4)cc(CCC)cc3c2c1.CCc1ccc2oc3c(-c4ccc(-c5cc6ccccc6c6ccccc56)cc4)cc(CC)cc3c2c1. The molecule has 3 aromatic heterocycles. The zero-order chi connectivity index (χ0) is 78.0. The Morgan fingerprint density at radius 3 is 0.904 bits per heavy atom. The van der Waals surface area contributed by atoms with Gasteiger partial charge < -0.3 is 13.3 Å². The van der Waals surface area contributed by atoms with Crippen LogP contribution in [0.5, 0.6) is 0 Å². The fraction of sp³-hybridized carbons (Fsp3) is 0.143. The molecule has 0 saturated heterocycles. The van der Waals surface area contributed by atoms with Gasteiger partial charge in [-0.25, -0.2) is 0 Å². The summed E-state index contributed by atoms with van der Waals surface area (Å²) in [6, 6.07) is 120. The van der Waals surface area contributed by atoms with Gasteiger partial charge in [0.1, 0.15) is 33.5 Å². The van der Waals surface area contributed by atoms with E-state index >= 15 is 0 Å². The average Bonchev–Trinajstić information content (AvgIpc) is 1.71. The third-order valence-corrected chi connectivity index (χ3v) is 24.1. The molecule has 3 heterocycles. The topological polar surface area (TPSA) is 39.4 Å².